The third-order valence-electron chi connectivity index (χ3n) is 2.88. The standard InChI is InChI=1S/C16H18N4O2/c1-3-22-16(21)18-13-5-7-14(8-6-13)19-20-15-9-4-12(17)10-11(15)2/h4-10H,3,17H2,1-2H3,(H,18,21)/b20-19+. The first kappa shape index (κ1) is 15.5. The molecule has 3 N–H and O–H groups in total. The molecule has 2 aromatic carbocycles. The summed E-state index contributed by atoms with van der Waals surface area (Å²) in [6.07, 6.45) is -0.477. The zero-order valence-electron chi connectivity index (χ0n) is 12.5. The van der Waals surface area contributed by atoms with Gasteiger partial charge in [0.05, 0.1) is 18.0 Å². The van der Waals surface area contributed by atoms with Crippen LogP contribution >= 0.6 is 0 Å². The minimum Gasteiger partial charge on any atom is -0.450 e. The smallest absolute Gasteiger partial charge is 0.411 e. The minimum absolute atomic E-state index is 0.332. The van der Waals surface area contributed by atoms with Crippen LogP contribution in [0.25, 0.3) is 0 Å². The number of rotatable bonds is 4. The van der Waals surface area contributed by atoms with Crippen molar-refractivity contribution in [2.45, 2.75) is 13.8 Å². The number of ether oxygens (including phenoxy) is 1. The van der Waals surface area contributed by atoms with E-state index in [9.17, 15) is 4.79 Å². The number of azo groups is 1. The van der Waals surface area contributed by atoms with Gasteiger partial charge in [-0.05, 0) is 61.9 Å². The Bertz CT molecular complexity index is 681. The van der Waals surface area contributed by atoms with Crippen molar-refractivity contribution in [3.05, 3.63) is 48.0 Å². The van der Waals surface area contributed by atoms with E-state index in [1.807, 2.05) is 19.1 Å². The van der Waals surface area contributed by atoms with Crippen LogP contribution in [-0.4, -0.2) is 12.7 Å². The summed E-state index contributed by atoms with van der Waals surface area (Å²) in [5.41, 5.74) is 9.45. The molecule has 0 bridgehead atoms. The van der Waals surface area contributed by atoms with Crippen molar-refractivity contribution >= 4 is 28.8 Å². The molecule has 0 spiro atoms. The van der Waals surface area contributed by atoms with Gasteiger partial charge in [0, 0.05) is 11.4 Å². The molecule has 0 unspecified atom stereocenters. The van der Waals surface area contributed by atoms with Crippen LogP contribution in [0.2, 0.25) is 0 Å². The molecular weight excluding hydrogens is 280 g/mol. The molecule has 0 aliphatic rings. The first-order valence-corrected chi connectivity index (χ1v) is 6.90. The van der Waals surface area contributed by atoms with Crippen LogP contribution in [-0.2, 0) is 4.74 Å². The molecule has 0 aliphatic heterocycles. The van der Waals surface area contributed by atoms with Gasteiger partial charge in [0.2, 0.25) is 0 Å². The number of nitrogen functional groups attached to an aromatic ring is 1. The Labute approximate surface area is 129 Å². The molecule has 0 aliphatic carbocycles. The Kier molecular flexibility index (Phi) is 5.08. The average Bonchev–Trinajstić information content (AvgIpc) is 2.48. The molecule has 0 atom stereocenters. The maximum Gasteiger partial charge on any atom is 0.411 e. The number of nitrogens with one attached hydrogen (secondary N) is 1. The second-order valence-corrected chi connectivity index (χ2v) is 4.64. The lowest BCUT2D eigenvalue weighted by atomic mass is 10.2. The van der Waals surface area contributed by atoms with Gasteiger partial charge >= 0.3 is 6.09 Å². The molecule has 1 amide bonds. The fourth-order valence-electron chi connectivity index (χ4n) is 1.80. The normalized spacial score (nSPS) is 10.6. The highest BCUT2D eigenvalue weighted by Gasteiger charge is 2.01. The summed E-state index contributed by atoms with van der Waals surface area (Å²) in [5.74, 6) is 0. The number of amides is 1. The maximum absolute atomic E-state index is 11.3. The summed E-state index contributed by atoms with van der Waals surface area (Å²) in [5, 5.41) is 11.0. The number of nitrogens with two attached hydrogens (primary N) is 1. The highest BCUT2D eigenvalue weighted by Crippen LogP contribution is 2.24. The summed E-state index contributed by atoms with van der Waals surface area (Å²) in [6, 6.07) is 12.5. The van der Waals surface area contributed by atoms with Gasteiger partial charge in [0.15, 0.2) is 0 Å². The van der Waals surface area contributed by atoms with Gasteiger partial charge in [-0.1, -0.05) is 0 Å². The van der Waals surface area contributed by atoms with Crippen molar-refractivity contribution in [1.29, 1.82) is 0 Å². The topological polar surface area (TPSA) is 89.1 Å². The van der Waals surface area contributed by atoms with E-state index < -0.39 is 6.09 Å². The highest BCUT2D eigenvalue weighted by molar-refractivity contribution is 5.84. The number of aryl methyl sites for hydroxylation is 1. The van der Waals surface area contributed by atoms with E-state index >= 15 is 0 Å². The maximum atomic E-state index is 11.3. The predicted octanol–water partition coefficient (Wildman–Crippen LogP) is 4.56. The van der Waals surface area contributed by atoms with Crippen molar-refractivity contribution in [3.63, 3.8) is 0 Å². The lowest BCUT2D eigenvalue weighted by Gasteiger charge is -2.04. The Balaban J connectivity index is 2.04. The number of hydrogen-bond acceptors (Lipinski definition) is 5. The van der Waals surface area contributed by atoms with Crippen molar-refractivity contribution in [2.24, 2.45) is 10.2 Å². The molecule has 6 heteroatoms. The second kappa shape index (κ2) is 7.21. The van der Waals surface area contributed by atoms with E-state index in [4.69, 9.17) is 10.5 Å². The second-order valence-electron chi connectivity index (χ2n) is 4.64. The van der Waals surface area contributed by atoms with E-state index in [1.165, 1.54) is 0 Å². The third-order valence-corrected chi connectivity index (χ3v) is 2.88. The van der Waals surface area contributed by atoms with Gasteiger partial charge in [0.25, 0.3) is 0 Å². The van der Waals surface area contributed by atoms with Crippen LogP contribution in [0, 0.1) is 6.92 Å². The number of nitrogens with zero attached hydrogens (tertiary/aromatic N) is 2. The van der Waals surface area contributed by atoms with E-state index in [2.05, 4.69) is 15.5 Å². The fourth-order valence-corrected chi connectivity index (χ4v) is 1.80. The Morgan fingerprint density at radius 1 is 1.18 bits per heavy atom. The lowest BCUT2D eigenvalue weighted by Crippen LogP contribution is -2.12. The number of anilines is 2. The predicted molar refractivity (Wildman–Crippen MR) is 86.9 cm³/mol. The first-order chi connectivity index (χ1) is 10.6. The average molecular weight is 298 g/mol. The Hall–Kier alpha value is -2.89. The molecule has 0 aromatic heterocycles. The summed E-state index contributed by atoms with van der Waals surface area (Å²) >= 11 is 0. The summed E-state index contributed by atoms with van der Waals surface area (Å²) in [6.45, 7) is 4.01. The summed E-state index contributed by atoms with van der Waals surface area (Å²) in [4.78, 5) is 11.3. The number of hydrogen-bond donors (Lipinski definition) is 2. The highest BCUT2D eigenvalue weighted by atomic mass is 16.5. The molecule has 2 rings (SSSR count). The molecule has 0 heterocycles. The van der Waals surface area contributed by atoms with E-state index in [1.54, 1.807) is 37.3 Å². The molecule has 6 nitrogen and oxygen atoms in total. The molecule has 22 heavy (non-hydrogen) atoms. The van der Waals surface area contributed by atoms with E-state index in [0.717, 1.165) is 11.3 Å². The quantitative estimate of drug-likeness (QED) is 0.640. The fraction of sp³-hybridized carbons (Fsp3) is 0.188. The van der Waals surface area contributed by atoms with Crippen LogP contribution in [0.1, 0.15) is 12.5 Å². The van der Waals surface area contributed by atoms with Crippen molar-refractivity contribution < 1.29 is 9.53 Å². The molecule has 0 fully saturated rings. The van der Waals surface area contributed by atoms with Crippen molar-refractivity contribution in [2.75, 3.05) is 17.7 Å². The number of carbonyl (C=O) groups excluding carboxylic acids is 1. The SMILES string of the molecule is CCOC(=O)Nc1ccc(/N=N/c2ccc(N)cc2C)cc1. The molecule has 2 aromatic rings. The Morgan fingerprint density at radius 3 is 2.55 bits per heavy atom. The lowest BCUT2D eigenvalue weighted by molar-refractivity contribution is 0.168. The van der Waals surface area contributed by atoms with Gasteiger partial charge in [-0.3, -0.25) is 5.32 Å². The third kappa shape index (κ3) is 4.31. The van der Waals surface area contributed by atoms with Gasteiger partial charge in [0.1, 0.15) is 0 Å². The molecule has 0 saturated carbocycles. The van der Waals surface area contributed by atoms with Crippen molar-refractivity contribution in [1.82, 2.24) is 0 Å². The van der Waals surface area contributed by atoms with Crippen LogP contribution in [0.3, 0.4) is 0 Å². The van der Waals surface area contributed by atoms with Crippen LogP contribution in [0.4, 0.5) is 27.5 Å². The zero-order chi connectivity index (χ0) is 15.9. The number of benzene rings is 2. The first-order valence-electron chi connectivity index (χ1n) is 6.90. The van der Waals surface area contributed by atoms with Gasteiger partial charge in [-0.2, -0.15) is 10.2 Å². The van der Waals surface area contributed by atoms with E-state index in [0.29, 0.717) is 23.7 Å². The summed E-state index contributed by atoms with van der Waals surface area (Å²) < 4.78 is 4.80. The van der Waals surface area contributed by atoms with Crippen LogP contribution < -0.4 is 11.1 Å². The monoisotopic (exact) mass is 298 g/mol. The molecule has 0 radical (unpaired) electrons. The van der Waals surface area contributed by atoms with Gasteiger partial charge < -0.3 is 10.5 Å². The zero-order valence-corrected chi connectivity index (χ0v) is 12.5. The Morgan fingerprint density at radius 2 is 1.91 bits per heavy atom. The van der Waals surface area contributed by atoms with Crippen molar-refractivity contribution in [3.8, 4) is 0 Å². The van der Waals surface area contributed by atoms with Crippen LogP contribution in [0.15, 0.2) is 52.7 Å². The molecular formula is C16H18N4O2. The van der Waals surface area contributed by atoms with Gasteiger partial charge in [-0.25, -0.2) is 4.79 Å². The largest absolute Gasteiger partial charge is 0.450 e. The van der Waals surface area contributed by atoms with Gasteiger partial charge in [-0.15, -0.1) is 0 Å². The molecule has 114 valence electrons. The summed E-state index contributed by atoms with van der Waals surface area (Å²) in [7, 11) is 0. The van der Waals surface area contributed by atoms with E-state index in [-0.39, 0.29) is 0 Å². The minimum atomic E-state index is -0.477. The van der Waals surface area contributed by atoms with Crippen LogP contribution in [0.5, 0.6) is 0 Å². The molecule has 0 saturated heterocycles. The number of carbonyl (C=O) groups is 1.